The summed E-state index contributed by atoms with van der Waals surface area (Å²) in [4.78, 5) is 112. The van der Waals surface area contributed by atoms with Crippen LogP contribution in [0.4, 0.5) is 10.5 Å². The number of nitrogens with zero attached hydrogens (tertiary/aromatic N) is 2. The van der Waals surface area contributed by atoms with E-state index in [4.69, 9.17) is 28.2 Å². The first-order valence-corrected chi connectivity index (χ1v) is 23.4. The molecule has 5 amide bonds. The fourth-order valence-corrected chi connectivity index (χ4v) is 6.86. The van der Waals surface area contributed by atoms with Gasteiger partial charge in [-0.15, -0.1) is 0 Å². The molecule has 0 spiro atoms. The summed E-state index contributed by atoms with van der Waals surface area (Å²) in [6.45, 7) is 20.6. The molecule has 0 unspecified atom stereocenters. The van der Waals surface area contributed by atoms with Crippen molar-refractivity contribution in [1.82, 2.24) is 21.0 Å². The van der Waals surface area contributed by atoms with Crippen LogP contribution in [0.2, 0.25) is 0 Å². The number of hydroxylamine groups is 2. The number of amides is 5. The van der Waals surface area contributed by atoms with E-state index in [0.717, 1.165) is 17.9 Å². The SMILES string of the molecule is CCCCC[C@@H](C(=O)NCNC(=O)c1ccc(-c2ccc(C(=O)N[C@@H](CC(=O)OC(C)(C)C)C(=O)OC(C)(C)C)c(OCC)c2)o1)[C@@H](CC)N(C=O)OC(=O)c1ccc(N(C)C(=O)OC(C)(C)C)cc1. The monoisotopic (exact) mass is 977 g/mol. The summed E-state index contributed by atoms with van der Waals surface area (Å²) < 4.78 is 27.9. The van der Waals surface area contributed by atoms with Gasteiger partial charge in [-0.1, -0.05) is 39.2 Å². The van der Waals surface area contributed by atoms with E-state index in [1.165, 1.54) is 54.4 Å². The number of ether oxygens (including phenoxy) is 4. The lowest BCUT2D eigenvalue weighted by Crippen LogP contribution is -2.49. The number of carbonyl (C=O) groups is 8. The minimum absolute atomic E-state index is 0.0487. The Balaban J connectivity index is 1.72. The van der Waals surface area contributed by atoms with Crippen molar-refractivity contribution in [2.75, 3.05) is 25.2 Å². The lowest BCUT2D eigenvalue weighted by molar-refractivity contribution is -0.171. The van der Waals surface area contributed by atoms with Gasteiger partial charge in [-0.25, -0.2) is 14.4 Å². The molecule has 0 aliphatic rings. The van der Waals surface area contributed by atoms with Crippen molar-refractivity contribution < 1.29 is 66.6 Å². The molecule has 0 aliphatic heterocycles. The van der Waals surface area contributed by atoms with Crippen molar-refractivity contribution in [3.63, 3.8) is 0 Å². The number of rotatable bonds is 23. The minimum atomic E-state index is -1.37. The first kappa shape index (κ1) is 57.4. The molecule has 0 fully saturated rings. The zero-order valence-electron chi connectivity index (χ0n) is 42.8. The number of hydrogen-bond donors (Lipinski definition) is 3. The van der Waals surface area contributed by atoms with Crippen molar-refractivity contribution in [2.45, 2.75) is 150 Å². The Kier molecular flexibility index (Phi) is 21.0. The highest BCUT2D eigenvalue weighted by molar-refractivity contribution is 6.00. The number of carbonyl (C=O) groups excluding carboxylic acids is 8. The van der Waals surface area contributed by atoms with Crippen LogP contribution in [0.5, 0.6) is 5.75 Å². The molecular formula is C51H71N5O14. The van der Waals surface area contributed by atoms with Gasteiger partial charge in [-0.3, -0.25) is 28.9 Å². The molecule has 0 saturated heterocycles. The van der Waals surface area contributed by atoms with Crippen molar-refractivity contribution >= 4 is 53.8 Å². The smallest absolute Gasteiger partial charge is 0.414 e. The number of esters is 2. The van der Waals surface area contributed by atoms with E-state index >= 15 is 0 Å². The van der Waals surface area contributed by atoms with Crippen LogP contribution in [0.3, 0.4) is 0 Å². The Morgan fingerprint density at radius 3 is 1.97 bits per heavy atom. The van der Waals surface area contributed by atoms with E-state index < -0.39 is 82.9 Å². The average molecular weight is 978 g/mol. The third kappa shape index (κ3) is 18.2. The maximum atomic E-state index is 13.8. The van der Waals surface area contributed by atoms with Gasteiger partial charge < -0.3 is 44.2 Å². The summed E-state index contributed by atoms with van der Waals surface area (Å²) in [6.07, 6.45) is 2.18. The summed E-state index contributed by atoms with van der Waals surface area (Å²) in [5.41, 5.74) is -1.41. The van der Waals surface area contributed by atoms with Gasteiger partial charge in [0.15, 0.2) is 5.76 Å². The molecule has 0 radical (unpaired) electrons. The normalized spacial score (nSPS) is 12.8. The Bertz CT molecular complexity index is 2290. The van der Waals surface area contributed by atoms with Gasteiger partial charge in [0.1, 0.15) is 34.4 Å². The third-order valence-electron chi connectivity index (χ3n) is 10.1. The molecule has 70 heavy (non-hydrogen) atoms. The molecule has 0 aliphatic carbocycles. The summed E-state index contributed by atoms with van der Waals surface area (Å²) in [5.74, 6) is -4.82. The number of nitrogens with one attached hydrogen (secondary N) is 3. The molecule has 0 saturated carbocycles. The van der Waals surface area contributed by atoms with E-state index in [1.807, 2.05) is 6.92 Å². The van der Waals surface area contributed by atoms with Gasteiger partial charge in [-0.2, -0.15) is 5.06 Å². The second kappa shape index (κ2) is 25.6. The van der Waals surface area contributed by atoms with Crippen LogP contribution in [0.1, 0.15) is 153 Å². The number of anilines is 1. The number of benzene rings is 2. The first-order valence-electron chi connectivity index (χ1n) is 23.4. The van der Waals surface area contributed by atoms with E-state index in [2.05, 4.69) is 16.0 Å². The molecule has 0 bridgehead atoms. The van der Waals surface area contributed by atoms with Gasteiger partial charge >= 0.3 is 24.0 Å². The zero-order valence-corrected chi connectivity index (χ0v) is 42.8. The number of furan rings is 1. The van der Waals surface area contributed by atoms with Crippen LogP contribution in [-0.4, -0.2) is 102 Å². The van der Waals surface area contributed by atoms with Gasteiger partial charge in [0.05, 0.1) is 42.8 Å². The second-order valence-corrected chi connectivity index (χ2v) is 19.4. The minimum Gasteiger partial charge on any atom is -0.493 e. The Labute approximate surface area is 410 Å². The maximum absolute atomic E-state index is 13.8. The topological polar surface area (TPSA) is 238 Å². The predicted molar refractivity (Wildman–Crippen MR) is 259 cm³/mol. The predicted octanol–water partition coefficient (Wildman–Crippen LogP) is 7.90. The van der Waals surface area contributed by atoms with Crippen LogP contribution in [0.15, 0.2) is 59.0 Å². The summed E-state index contributed by atoms with van der Waals surface area (Å²) in [6, 6.07) is 11.2. The van der Waals surface area contributed by atoms with Gasteiger partial charge in [0.25, 0.3) is 11.8 Å². The zero-order chi connectivity index (χ0) is 52.6. The van der Waals surface area contributed by atoms with Crippen molar-refractivity contribution in [3.05, 3.63) is 71.5 Å². The van der Waals surface area contributed by atoms with Crippen LogP contribution >= 0.6 is 0 Å². The highest BCUT2D eigenvalue weighted by atomic mass is 16.7. The second-order valence-electron chi connectivity index (χ2n) is 19.4. The molecule has 19 heteroatoms. The molecule has 3 atom stereocenters. The fraction of sp³-hybridized carbons (Fsp3) is 0.529. The lowest BCUT2D eigenvalue weighted by atomic mass is 9.90. The molecule has 384 valence electrons. The Hall–Kier alpha value is -6.92. The van der Waals surface area contributed by atoms with Crippen LogP contribution in [0.25, 0.3) is 11.3 Å². The molecule has 3 N–H and O–H groups in total. The van der Waals surface area contributed by atoms with E-state index in [9.17, 15) is 38.4 Å². The van der Waals surface area contributed by atoms with Crippen LogP contribution < -0.4 is 25.6 Å². The number of unbranched alkanes of at least 4 members (excludes halogenated alkanes) is 2. The van der Waals surface area contributed by atoms with Gasteiger partial charge in [-0.05, 0) is 131 Å². The highest BCUT2D eigenvalue weighted by Gasteiger charge is 2.35. The summed E-state index contributed by atoms with van der Waals surface area (Å²) >= 11 is 0. The summed E-state index contributed by atoms with van der Waals surface area (Å²) in [7, 11) is 1.53. The van der Waals surface area contributed by atoms with E-state index in [1.54, 1.807) is 88.3 Å². The first-order chi connectivity index (χ1) is 32.7. The average Bonchev–Trinajstić information content (AvgIpc) is 3.77. The van der Waals surface area contributed by atoms with E-state index in [-0.39, 0.29) is 48.1 Å². The molecule has 19 nitrogen and oxygen atoms in total. The Morgan fingerprint density at radius 1 is 0.757 bits per heavy atom. The largest absolute Gasteiger partial charge is 0.493 e. The maximum Gasteiger partial charge on any atom is 0.414 e. The molecule has 1 aromatic heterocycles. The highest BCUT2D eigenvalue weighted by Crippen LogP contribution is 2.30. The molecule has 1 heterocycles. The Morgan fingerprint density at radius 2 is 1.40 bits per heavy atom. The molecule has 2 aromatic carbocycles. The van der Waals surface area contributed by atoms with Gasteiger partial charge in [0.2, 0.25) is 12.3 Å². The van der Waals surface area contributed by atoms with Crippen molar-refractivity contribution in [2.24, 2.45) is 5.92 Å². The molecular weight excluding hydrogens is 907 g/mol. The number of hydrogen-bond acceptors (Lipinski definition) is 14. The summed E-state index contributed by atoms with van der Waals surface area (Å²) in [5, 5.41) is 8.75. The van der Waals surface area contributed by atoms with Crippen LogP contribution in [0, 0.1) is 5.92 Å². The lowest BCUT2D eigenvalue weighted by Gasteiger charge is -2.31. The molecule has 3 aromatic rings. The molecule has 3 rings (SSSR count). The third-order valence-corrected chi connectivity index (χ3v) is 10.1. The van der Waals surface area contributed by atoms with Crippen LogP contribution in [-0.2, 0) is 38.2 Å². The fourth-order valence-electron chi connectivity index (χ4n) is 6.86. The van der Waals surface area contributed by atoms with E-state index in [0.29, 0.717) is 30.5 Å². The van der Waals surface area contributed by atoms with Crippen molar-refractivity contribution in [1.29, 1.82) is 0 Å². The van der Waals surface area contributed by atoms with Crippen molar-refractivity contribution in [3.8, 4) is 17.1 Å². The quantitative estimate of drug-likeness (QED) is 0.0205. The van der Waals surface area contributed by atoms with Gasteiger partial charge in [0, 0.05) is 18.3 Å². The standard InChI is InChI=1S/C51H71N5O14/c1-14-17-18-19-35(38(15-2)56(31-57)70-46(62)32-20-23-34(24-21-32)55(13)48(64)69-51(10,11)12)43(59)52-30-53-45(61)40-27-26-39(66-40)33-22-25-36(41(28-33)65-16-3)44(60)54-37(47(63)68-50(7,8)9)29-42(58)67-49(4,5)6/h20-28,31,35,37-38H,14-19,29-30H2,1-13H3,(H,52,59)(H,53,61)(H,54,60)/t35-,37+,38-/m1/s1.